The van der Waals surface area contributed by atoms with Gasteiger partial charge < -0.3 is 21.1 Å². The van der Waals surface area contributed by atoms with E-state index in [1.54, 1.807) is 24.3 Å². The van der Waals surface area contributed by atoms with E-state index in [-0.39, 0.29) is 12.5 Å². The number of nitrogen functional groups attached to an aromatic ring is 1. The fourth-order valence-electron chi connectivity index (χ4n) is 2.32. The van der Waals surface area contributed by atoms with Crippen molar-refractivity contribution in [1.29, 1.82) is 0 Å². The molecule has 0 aliphatic carbocycles. The van der Waals surface area contributed by atoms with Gasteiger partial charge >= 0.3 is 0 Å². The van der Waals surface area contributed by atoms with Gasteiger partial charge in [0.2, 0.25) is 5.91 Å². The lowest BCUT2D eigenvalue weighted by Crippen LogP contribution is -2.51. The molecule has 1 aromatic carbocycles. The van der Waals surface area contributed by atoms with Gasteiger partial charge in [0.1, 0.15) is 11.8 Å². The number of rotatable bonds is 4. The summed E-state index contributed by atoms with van der Waals surface area (Å²) in [7, 11) is 0. The summed E-state index contributed by atoms with van der Waals surface area (Å²) >= 11 is 0. The molecule has 2 rings (SSSR count). The zero-order valence-corrected chi connectivity index (χ0v) is 11.2. The molecule has 108 valence electrons. The highest BCUT2D eigenvalue weighted by Crippen LogP contribution is 2.18. The summed E-state index contributed by atoms with van der Waals surface area (Å²) in [5.41, 5.74) is 11.5. The molecule has 1 heterocycles. The molecule has 0 radical (unpaired) electrons. The van der Waals surface area contributed by atoms with Crippen LogP contribution < -0.4 is 16.2 Å². The summed E-state index contributed by atoms with van der Waals surface area (Å²) in [4.78, 5) is 25.0. The van der Waals surface area contributed by atoms with Gasteiger partial charge in [0.15, 0.2) is 6.61 Å². The molecule has 1 aliphatic rings. The van der Waals surface area contributed by atoms with E-state index < -0.39 is 11.9 Å². The van der Waals surface area contributed by atoms with Crippen LogP contribution in [-0.2, 0) is 9.59 Å². The molecule has 20 heavy (non-hydrogen) atoms. The van der Waals surface area contributed by atoms with Gasteiger partial charge in [-0.1, -0.05) is 0 Å². The van der Waals surface area contributed by atoms with E-state index in [0.29, 0.717) is 24.4 Å². The second-order valence-corrected chi connectivity index (χ2v) is 4.86. The fourth-order valence-corrected chi connectivity index (χ4v) is 2.32. The second kappa shape index (κ2) is 6.27. The van der Waals surface area contributed by atoms with Crippen LogP contribution in [0.2, 0.25) is 0 Å². The zero-order valence-electron chi connectivity index (χ0n) is 11.2. The smallest absolute Gasteiger partial charge is 0.261 e. The summed E-state index contributed by atoms with van der Waals surface area (Å²) in [6, 6.07) is 6.29. The summed E-state index contributed by atoms with van der Waals surface area (Å²) in [5, 5.41) is 0. The van der Waals surface area contributed by atoms with Crippen LogP contribution in [0.15, 0.2) is 24.3 Å². The fraction of sp³-hybridized carbons (Fsp3) is 0.429. The zero-order chi connectivity index (χ0) is 14.5. The highest BCUT2D eigenvalue weighted by atomic mass is 16.5. The van der Waals surface area contributed by atoms with E-state index in [9.17, 15) is 9.59 Å². The van der Waals surface area contributed by atoms with Gasteiger partial charge in [0, 0.05) is 12.2 Å². The molecule has 0 bridgehead atoms. The number of primary amides is 1. The van der Waals surface area contributed by atoms with Crippen molar-refractivity contribution in [2.75, 3.05) is 18.9 Å². The first-order chi connectivity index (χ1) is 9.58. The molecule has 1 aromatic rings. The van der Waals surface area contributed by atoms with Crippen molar-refractivity contribution in [1.82, 2.24) is 4.90 Å². The van der Waals surface area contributed by atoms with Crippen molar-refractivity contribution in [2.45, 2.75) is 25.3 Å². The van der Waals surface area contributed by atoms with Crippen LogP contribution in [-0.4, -0.2) is 35.9 Å². The lowest BCUT2D eigenvalue weighted by molar-refractivity contribution is -0.142. The summed E-state index contributed by atoms with van der Waals surface area (Å²) in [6.07, 6.45) is 2.43. The van der Waals surface area contributed by atoms with Crippen molar-refractivity contribution in [3.05, 3.63) is 24.3 Å². The summed E-state index contributed by atoms with van der Waals surface area (Å²) < 4.78 is 5.41. The van der Waals surface area contributed by atoms with Crippen molar-refractivity contribution >= 4 is 17.5 Å². The third kappa shape index (κ3) is 3.40. The molecule has 6 nitrogen and oxygen atoms in total. The van der Waals surface area contributed by atoms with E-state index in [0.717, 1.165) is 12.8 Å². The van der Waals surface area contributed by atoms with Crippen molar-refractivity contribution in [3.8, 4) is 5.75 Å². The largest absolute Gasteiger partial charge is 0.484 e. The molecule has 6 heteroatoms. The molecule has 1 atom stereocenters. The second-order valence-electron chi connectivity index (χ2n) is 4.86. The quantitative estimate of drug-likeness (QED) is 0.783. The van der Waals surface area contributed by atoms with Crippen molar-refractivity contribution in [2.24, 2.45) is 5.73 Å². The van der Waals surface area contributed by atoms with Crippen LogP contribution in [0.3, 0.4) is 0 Å². The van der Waals surface area contributed by atoms with Crippen LogP contribution in [0.1, 0.15) is 19.3 Å². The number of carbonyl (C=O) groups excluding carboxylic acids is 2. The van der Waals surface area contributed by atoms with Gasteiger partial charge in [0.25, 0.3) is 5.91 Å². The number of hydrogen-bond acceptors (Lipinski definition) is 4. The SMILES string of the molecule is NC(=O)C1CCCCN1C(=O)COc1ccc(N)cc1. The maximum Gasteiger partial charge on any atom is 0.261 e. The number of hydrogen-bond donors (Lipinski definition) is 2. The number of benzene rings is 1. The molecule has 1 fully saturated rings. The molecule has 1 saturated heterocycles. The molecule has 4 N–H and O–H groups in total. The number of anilines is 1. The Morgan fingerprint density at radius 3 is 2.60 bits per heavy atom. The number of carbonyl (C=O) groups is 2. The minimum Gasteiger partial charge on any atom is -0.484 e. The number of amides is 2. The van der Waals surface area contributed by atoms with E-state index in [1.165, 1.54) is 4.90 Å². The molecule has 1 aliphatic heterocycles. The Bertz CT molecular complexity index is 487. The topological polar surface area (TPSA) is 98.7 Å². The van der Waals surface area contributed by atoms with Gasteiger partial charge in [-0.3, -0.25) is 9.59 Å². The van der Waals surface area contributed by atoms with Crippen molar-refractivity contribution in [3.63, 3.8) is 0 Å². The maximum atomic E-state index is 12.1. The van der Waals surface area contributed by atoms with E-state index in [1.807, 2.05) is 0 Å². The predicted molar refractivity (Wildman–Crippen MR) is 74.9 cm³/mol. The number of likely N-dealkylation sites (tertiary alicyclic amines) is 1. The summed E-state index contributed by atoms with van der Waals surface area (Å²) in [5.74, 6) is -0.101. The van der Waals surface area contributed by atoms with Crippen LogP contribution in [0, 0.1) is 0 Å². The molecule has 0 aromatic heterocycles. The third-order valence-corrected chi connectivity index (χ3v) is 3.39. The number of nitrogens with zero attached hydrogens (tertiary/aromatic N) is 1. The maximum absolute atomic E-state index is 12.1. The lowest BCUT2D eigenvalue weighted by Gasteiger charge is -2.33. The monoisotopic (exact) mass is 277 g/mol. The van der Waals surface area contributed by atoms with Gasteiger partial charge in [-0.2, -0.15) is 0 Å². The van der Waals surface area contributed by atoms with E-state index >= 15 is 0 Å². The summed E-state index contributed by atoms with van der Waals surface area (Å²) in [6.45, 7) is 0.450. The van der Waals surface area contributed by atoms with Gasteiger partial charge in [-0.15, -0.1) is 0 Å². The number of nitrogens with two attached hydrogens (primary N) is 2. The highest BCUT2D eigenvalue weighted by molar-refractivity contribution is 5.87. The lowest BCUT2D eigenvalue weighted by atomic mass is 10.0. The van der Waals surface area contributed by atoms with E-state index in [2.05, 4.69) is 0 Å². The molecule has 1 unspecified atom stereocenters. The van der Waals surface area contributed by atoms with Crippen LogP contribution >= 0.6 is 0 Å². The molecular formula is C14H19N3O3. The first-order valence-corrected chi connectivity index (χ1v) is 6.65. The van der Waals surface area contributed by atoms with Gasteiger partial charge in [0.05, 0.1) is 0 Å². The Balaban J connectivity index is 1.93. The third-order valence-electron chi connectivity index (χ3n) is 3.39. The average Bonchev–Trinajstić information content (AvgIpc) is 2.46. The predicted octanol–water partition coefficient (Wildman–Crippen LogP) is 0.514. The minimum absolute atomic E-state index is 0.103. The Hall–Kier alpha value is -2.24. The number of piperidine rings is 1. The van der Waals surface area contributed by atoms with Crippen molar-refractivity contribution < 1.29 is 14.3 Å². The van der Waals surface area contributed by atoms with E-state index in [4.69, 9.17) is 16.2 Å². The molecule has 0 saturated carbocycles. The number of ether oxygens (including phenoxy) is 1. The molecule has 0 spiro atoms. The Morgan fingerprint density at radius 1 is 1.25 bits per heavy atom. The normalized spacial score (nSPS) is 18.6. The van der Waals surface area contributed by atoms with Gasteiger partial charge in [-0.25, -0.2) is 0 Å². The highest BCUT2D eigenvalue weighted by Gasteiger charge is 2.30. The Labute approximate surface area is 117 Å². The Kier molecular flexibility index (Phi) is 4.45. The van der Waals surface area contributed by atoms with Gasteiger partial charge in [-0.05, 0) is 43.5 Å². The molecular weight excluding hydrogens is 258 g/mol. The standard InChI is InChI=1S/C14H19N3O3/c15-10-4-6-11(7-5-10)20-9-13(18)17-8-2-1-3-12(17)14(16)19/h4-7,12H,1-3,8-9,15H2,(H2,16,19). The van der Waals surface area contributed by atoms with Crippen LogP contribution in [0.5, 0.6) is 5.75 Å². The first kappa shape index (κ1) is 14.2. The minimum atomic E-state index is -0.508. The Morgan fingerprint density at radius 2 is 1.95 bits per heavy atom. The van der Waals surface area contributed by atoms with Crippen LogP contribution in [0.25, 0.3) is 0 Å². The molecule has 2 amide bonds. The van der Waals surface area contributed by atoms with Crippen LogP contribution in [0.4, 0.5) is 5.69 Å². The average molecular weight is 277 g/mol. The first-order valence-electron chi connectivity index (χ1n) is 6.65.